The molecule has 0 fully saturated rings. The van der Waals surface area contributed by atoms with Gasteiger partial charge in [0.25, 0.3) is 5.91 Å². The van der Waals surface area contributed by atoms with Gasteiger partial charge in [-0.2, -0.15) is 5.10 Å². The Kier molecular flexibility index (Phi) is 5.26. The van der Waals surface area contributed by atoms with Crippen molar-refractivity contribution >= 4 is 28.4 Å². The molecule has 4 rings (SSSR count). The van der Waals surface area contributed by atoms with E-state index in [0.717, 1.165) is 11.1 Å². The second kappa shape index (κ2) is 8.16. The van der Waals surface area contributed by atoms with Crippen molar-refractivity contribution in [3.05, 3.63) is 89.9 Å². The summed E-state index contributed by atoms with van der Waals surface area (Å²) in [4.78, 5) is 24.0. The molecule has 2 amide bonds. The van der Waals surface area contributed by atoms with Gasteiger partial charge in [-0.25, -0.2) is 9.07 Å². The lowest BCUT2D eigenvalue weighted by Gasteiger charge is -2.09. The molecule has 150 valence electrons. The zero-order valence-corrected chi connectivity index (χ0v) is 16.2. The predicted octanol–water partition coefficient (Wildman–Crippen LogP) is 4.05. The van der Waals surface area contributed by atoms with Gasteiger partial charge < -0.3 is 10.6 Å². The number of benzene rings is 3. The Bertz CT molecular complexity index is 1230. The van der Waals surface area contributed by atoms with Crippen LogP contribution in [0.1, 0.15) is 22.8 Å². The molecule has 7 heteroatoms. The van der Waals surface area contributed by atoms with Crippen LogP contribution >= 0.6 is 0 Å². The predicted molar refractivity (Wildman–Crippen MR) is 113 cm³/mol. The highest BCUT2D eigenvalue weighted by Gasteiger charge is 2.14. The number of hydrogen-bond acceptors (Lipinski definition) is 3. The molecule has 0 unspecified atom stereocenters. The molecule has 30 heavy (non-hydrogen) atoms. The molecular weight excluding hydrogens is 383 g/mol. The standard InChI is InChI=1S/C23H19FN4O2/c1-15(29)27-18-5-2-4-16(12-18)13-25-23(30)20-6-3-7-22-21(20)14-26-28(22)19-10-8-17(24)9-11-19/h2-12,14H,13H2,1H3,(H,25,30)(H,27,29). The Morgan fingerprint density at radius 1 is 1.03 bits per heavy atom. The maximum Gasteiger partial charge on any atom is 0.252 e. The first-order valence-electron chi connectivity index (χ1n) is 9.39. The molecule has 0 atom stereocenters. The second-order valence-electron chi connectivity index (χ2n) is 6.84. The maximum atomic E-state index is 13.2. The van der Waals surface area contributed by atoms with E-state index in [1.54, 1.807) is 41.2 Å². The minimum Gasteiger partial charge on any atom is -0.348 e. The molecule has 0 spiro atoms. The summed E-state index contributed by atoms with van der Waals surface area (Å²) >= 11 is 0. The average Bonchev–Trinajstić information content (AvgIpc) is 3.16. The van der Waals surface area contributed by atoms with Crippen LogP contribution in [-0.4, -0.2) is 21.6 Å². The van der Waals surface area contributed by atoms with Crippen LogP contribution < -0.4 is 10.6 Å². The first kappa shape index (κ1) is 19.3. The highest BCUT2D eigenvalue weighted by molar-refractivity contribution is 6.06. The van der Waals surface area contributed by atoms with Gasteiger partial charge in [-0.1, -0.05) is 18.2 Å². The maximum absolute atomic E-state index is 13.2. The van der Waals surface area contributed by atoms with Crippen molar-refractivity contribution in [1.29, 1.82) is 0 Å². The van der Waals surface area contributed by atoms with Gasteiger partial charge in [0, 0.05) is 24.5 Å². The number of anilines is 1. The fourth-order valence-electron chi connectivity index (χ4n) is 3.28. The van der Waals surface area contributed by atoms with Crippen molar-refractivity contribution in [3.8, 4) is 5.69 Å². The molecule has 0 saturated carbocycles. The van der Waals surface area contributed by atoms with Crippen molar-refractivity contribution in [1.82, 2.24) is 15.1 Å². The van der Waals surface area contributed by atoms with Crippen LogP contribution in [0, 0.1) is 5.82 Å². The van der Waals surface area contributed by atoms with Gasteiger partial charge in [-0.05, 0) is 54.1 Å². The van der Waals surface area contributed by atoms with Crippen molar-refractivity contribution in [3.63, 3.8) is 0 Å². The summed E-state index contributed by atoms with van der Waals surface area (Å²) < 4.78 is 14.9. The largest absolute Gasteiger partial charge is 0.348 e. The Hall–Kier alpha value is -4.00. The summed E-state index contributed by atoms with van der Waals surface area (Å²) in [5.41, 5.74) is 3.50. The van der Waals surface area contributed by atoms with Gasteiger partial charge in [0.2, 0.25) is 5.91 Å². The van der Waals surface area contributed by atoms with E-state index in [-0.39, 0.29) is 17.6 Å². The normalized spacial score (nSPS) is 10.7. The molecule has 0 aliphatic rings. The zero-order valence-electron chi connectivity index (χ0n) is 16.2. The summed E-state index contributed by atoms with van der Waals surface area (Å²) in [7, 11) is 0. The van der Waals surface area contributed by atoms with Crippen LogP contribution in [0.4, 0.5) is 10.1 Å². The molecule has 3 aromatic carbocycles. The summed E-state index contributed by atoms with van der Waals surface area (Å²) in [5, 5.41) is 10.7. The molecule has 0 aliphatic heterocycles. The number of aromatic nitrogens is 2. The highest BCUT2D eigenvalue weighted by atomic mass is 19.1. The van der Waals surface area contributed by atoms with E-state index in [1.165, 1.54) is 19.1 Å². The highest BCUT2D eigenvalue weighted by Crippen LogP contribution is 2.22. The Balaban J connectivity index is 1.55. The lowest BCUT2D eigenvalue weighted by atomic mass is 10.1. The Morgan fingerprint density at radius 3 is 2.57 bits per heavy atom. The van der Waals surface area contributed by atoms with Crippen molar-refractivity contribution < 1.29 is 14.0 Å². The van der Waals surface area contributed by atoms with Gasteiger partial charge in [-0.15, -0.1) is 0 Å². The van der Waals surface area contributed by atoms with Crippen molar-refractivity contribution in [2.75, 3.05) is 5.32 Å². The van der Waals surface area contributed by atoms with Crippen LogP contribution in [0.15, 0.2) is 72.9 Å². The Morgan fingerprint density at radius 2 is 1.80 bits per heavy atom. The minimum absolute atomic E-state index is 0.152. The lowest BCUT2D eigenvalue weighted by Crippen LogP contribution is -2.23. The van der Waals surface area contributed by atoms with E-state index in [1.807, 2.05) is 24.3 Å². The van der Waals surface area contributed by atoms with E-state index in [2.05, 4.69) is 15.7 Å². The lowest BCUT2D eigenvalue weighted by molar-refractivity contribution is -0.114. The van der Waals surface area contributed by atoms with Crippen molar-refractivity contribution in [2.24, 2.45) is 0 Å². The van der Waals surface area contributed by atoms with E-state index in [4.69, 9.17) is 0 Å². The summed E-state index contributed by atoms with van der Waals surface area (Å²) in [5.74, 6) is -0.705. The number of hydrogen-bond donors (Lipinski definition) is 2. The third kappa shape index (κ3) is 4.05. The van der Waals surface area contributed by atoms with Gasteiger partial charge in [0.05, 0.1) is 23.0 Å². The van der Waals surface area contributed by atoms with Crippen LogP contribution in [0.5, 0.6) is 0 Å². The van der Waals surface area contributed by atoms with Crippen LogP contribution in [-0.2, 0) is 11.3 Å². The van der Waals surface area contributed by atoms with Gasteiger partial charge in [-0.3, -0.25) is 9.59 Å². The summed E-state index contributed by atoms with van der Waals surface area (Å²) in [6.45, 7) is 1.76. The molecule has 2 N–H and O–H groups in total. The van der Waals surface area contributed by atoms with Crippen LogP contribution in [0.3, 0.4) is 0 Å². The molecular formula is C23H19FN4O2. The first-order chi connectivity index (χ1) is 14.5. The quantitative estimate of drug-likeness (QED) is 0.529. The molecule has 0 bridgehead atoms. The van der Waals surface area contributed by atoms with Crippen molar-refractivity contribution in [2.45, 2.75) is 13.5 Å². The van der Waals surface area contributed by atoms with Gasteiger partial charge in [0.1, 0.15) is 5.82 Å². The fourth-order valence-corrected chi connectivity index (χ4v) is 3.28. The van der Waals surface area contributed by atoms with Crippen LogP contribution in [0.25, 0.3) is 16.6 Å². The van der Waals surface area contributed by atoms with E-state index in [9.17, 15) is 14.0 Å². The number of carbonyl (C=O) groups excluding carboxylic acids is 2. The number of halogens is 1. The van der Waals surface area contributed by atoms with E-state index >= 15 is 0 Å². The number of nitrogens with zero attached hydrogens (tertiary/aromatic N) is 2. The van der Waals surface area contributed by atoms with E-state index < -0.39 is 0 Å². The topological polar surface area (TPSA) is 76.0 Å². The number of carbonyl (C=O) groups is 2. The molecule has 0 radical (unpaired) electrons. The third-order valence-electron chi connectivity index (χ3n) is 4.63. The Labute approximate surface area is 172 Å². The molecule has 0 saturated heterocycles. The summed E-state index contributed by atoms with van der Waals surface area (Å²) in [6.07, 6.45) is 1.63. The molecule has 0 aliphatic carbocycles. The summed E-state index contributed by atoms with van der Waals surface area (Å²) in [6, 6.07) is 18.7. The van der Waals surface area contributed by atoms with Gasteiger partial charge >= 0.3 is 0 Å². The molecule has 1 heterocycles. The monoisotopic (exact) mass is 402 g/mol. The average molecular weight is 402 g/mol. The van der Waals surface area contributed by atoms with Crippen LogP contribution in [0.2, 0.25) is 0 Å². The fraction of sp³-hybridized carbons (Fsp3) is 0.0870. The smallest absolute Gasteiger partial charge is 0.252 e. The number of nitrogens with one attached hydrogen (secondary N) is 2. The first-order valence-corrected chi connectivity index (χ1v) is 9.39. The number of amides is 2. The zero-order chi connectivity index (χ0) is 21.1. The SMILES string of the molecule is CC(=O)Nc1cccc(CNC(=O)c2cccc3c2cnn3-c2ccc(F)cc2)c1. The van der Waals surface area contributed by atoms with Gasteiger partial charge in [0.15, 0.2) is 0 Å². The second-order valence-corrected chi connectivity index (χ2v) is 6.84. The number of fused-ring (bicyclic) bond motifs is 1. The molecule has 4 aromatic rings. The van der Waals surface area contributed by atoms with E-state index in [0.29, 0.717) is 28.9 Å². The number of rotatable bonds is 5. The molecule has 1 aromatic heterocycles. The molecule has 6 nitrogen and oxygen atoms in total. The minimum atomic E-state index is -0.321. The third-order valence-corrected chi connectivity index (χ3v) is 4.63.